The van der Waals surface area contributed by atoms with Crippen LogP contribution in [0.25, 0.3) is 0 Å². The molecule has 2 aliphatic rings. The minimum atomic E-state index is -1.98. The molecule has 2 aliphatic heterocycles. The molecule has 2 fully saturated rings. The Labute approximate surface area is 151 Å². The van der Waals surface area contributed by atoms with Crippen LogP contribution in [0, 0.1) is 5.92 Å². The van der Waals surface area contributed by atoms with Crippen LogP contribution in [-0.2, 0) is 25.6 Å². The molecule has 26 heavy (non-hydrogen) atoms. The fourth-order valence-electron chi connectivity index (χ4n) is 3.64. The third-order valence-corrected chi connectivity index (χ3v) is 5.06. The van der Waals surface area contributed by atoms with Gasteiger partial charge in [0.2, 0.25) is 0 Å². The number of esters is 2. The molecule has 142 valence electrons. The van der Waals surface area contributed by atoms with Crippen molar-refractivity contribution in [2.75, 3.05) is 13.6 Å². The van der Waals surface area contributed by atoms with Crippen LogP contribution in [0.5, 0.6) is 0 Å². The number of likely N-dealkylation sites (N-methyl/N-ethyl adjacent to an activating group) is 1. The molecule has 0 aromatic heterocycles. The van der Waals surface area contributed by atoms with Gasteiger partial charge in [-0.15, -0.1) is 0 Å². The molecule has 3 rings (SSSR count). The first kappa shape index (κ1) is 18.8. The highest BCUT2D eigenvalue weighted by Crippen LogP contribution is 2.38. The molecule has 8 heteroatoms. The molecule has 0 radical (unpaired) electrons. The maximum absolute atomic E-state index is 12.3. The Kier molecular flexibility index (Phi) is 5.29. The van der Waals surface area contributed by atoms with E-state index in [0.717, 1.165) is 12.0 Å². The first-order valence-corrected chi connectivity index (χ1v) is 8.67. The van der Waals surface area contributed by atoms with Crippen molar-refractivity contribution >= 4 is 11.9 Å². The Hall–Kier alpha value is -2.00. The summed E-state index contributed by atoms with van der Waals surface area (Å²) in [6.45, 7) is 2.85. The van der Waals surface area contributed by atoms with Gasteiger partial charge in [0, 0.05) is 13.1 Å². The SMILES string of the molecule is CNC1C(C)CCN(Cc2ccccc2)C12OC(=O)C(O)C(O)C(=O)O2. The Morgan fingerprint density at radius 3 is 2.27 bits per heavy atom. The zero-order chi connectivity index (χ0) is 18.9. The maximum atomic E-state index is 12.3. The van der Waals surface area contributed by atoms with Gasteiger partial charge in [0.05, 0.1) is 0 Å². The fourth-order valence-corrected chi connectivity index (χ4v) is 3.64. The summed E-state index contributed by atoms with van der Waals surface area (Å²) in [5, 5.41) is 22.8. The second-order valence-electron chi connectivity index (χ2n) is 6.80. The molecule has 4 atom stereocenters. The number of aliphatic hydroxyl groups excluding tert-OH is 2. The molecule has 2 saturated heterocycles. The number of aliphatic hydroxyl groups is 2. The number of likely N-dealkylation sites (tertiary alicyclic amines) is 1. The molecule has 0 bridgehead atoms. The second-order valence-corrected chi connectivity index (χ2v) is 6.80. The van der Waals surface area contributed by atoms with Crippen LogP contribution in [0.2, 0.25) is 0 Å². The first-order chi connectivity index (χ1) is 12.4. The van der Waals surface area contributed by atoms with Gasteiger partial charge >= 0.3 is 17.8 Å². The third kappa shape index (κ3) is 3.21. The molecule has 8 nitrogen and oxygen atoms in total. The van der Waals surface area contributed by atoms with Crippen molar-refractivity contribution in [3.8, 4) is 0 Å². The summed E-state index contributed by atoms with van der Waals surface area (Å²) in [4.78, 5) is 26.3. The number of piperidine rings is 1. The van der Waals surface area contributed by atoms with Gasteiger partial charge < -0.3 is 25.0 Å². The maximum Gasteiger partial charge on any atom is 0.342 e. The molecule has 0 amide bonds. The lowest BCUT2D eigenvalue weighted by Gasteiger charge is -2.50. The summed E-state index contributed by atoms with van der Waals surface area (Å²) in [6, 6.07) is 9.00. The number of hydrogen-bond acceptors (Lipinski definition) is 8. The van der Waals surface area contributed by atoms with Crippen LogP contribution in [-0.4, -0.2) is 64.8 Å². The standard InChI is InChI=1S/C18H24N2O6/c1-11-8-9-20(10-12-6-4-3-5-7-12)18(15(11)19-2)25-16(23)13(21)14(22)17(24)26-18/h3-7,11,13-15,19,21-22H,8-10H2,1-2H3. The second kappa shape index (κ2) is 7.32. The van der Waals surface area contributed by atoms with Gasteiger partial charge in [-0.3, -0.25) is 0 Å². The zero-order valence-corrected chi connectivity index (χ0v) is 14.8. The van der Waals surface area contributed by atoms with E-state index in [1.807, 2.05) is 37.3 Å². The Balaban J connectivity index is 2.02. The molecule has 2 heterocycles. The lowest BCUT2D eigenvalue weighted by Crippen LogP contribution is -2.69. The normalized spacial score (nSPS) is 35.7. The van der Waals surface area contributed by atoms with E-state index in [1.54, 1.807) is 11.9 Å². The Morgan fingerprint density at radius 2 is 1.73 bits per heavy atom. The Bertz CT molecular complexity index is 645. The number of nitrogens with one attached hydrogen (secondary N) is 1. The largest absolute Gasteiger partial charge is 0.405 e. The van der Waals surface area contributed by atoms with E-state index >= 15 is 0 Å². The summed E-state index contributed by atoms with van der Waals surface area (Å²) in [5.74, 6) is -3.89. The molecular formula is C18H24N2O6. The molecule has 3 N–H and O–H groups in total. The van der Waals surface area contributed by atoms with Gasteiger partial charge in [-0.05, 0) is 24.9 Å². The fraction of sp³-hybridized carbons (Fsp3) is 0.556. The molecule has 4 unspecified atom stereocenters. The highest BCUT2D eigenvalue weighted by atomic mass is 16.8. The summed E-state index contributed by atoms with van der Waals surface area (Å²) in [7, 11) is 1.69. The lowest BCUT2D eigenvalue weighted by atomic mass is 9.89. The molecule has 1 spiro atoms. The smallest absolute Gasteiger partial charge is 0.342 e. The molecule has 1 aromatic rings. The minimum absolute atomic E-state index is 0.0278. The van der Waals surface area contributed by atoms with Gasteiger partial charge in [-0.25, -0.2) is 14.5 Å². The van der Waals surface area contributed by atoms with E-state index < -0.39 is 36.1 Å². The summed E-state index contributed by atoms with van der Waals surface area (Å²) < 4.78 is 11.0. The van der Waals surface area contributed by atoms with Gasteiger partial charge in [0.1, 0.15) is 6.04 Å². The van der Waals surface area contributed by atoms with Crippen molar-refractivity contribution in [3.63, 3.8) is 0 Å². The van der Waals surface area contributed by atoms with E-state index in [0.29, 0.717) is 13.1 Å². The van der Waals surface area contributed by atoms with Crippen molar-refractivity contribution < 1.29 is 29.3 Å². The number of nitrogens with zero attached hydrogens (tertiary/aromatic N) is 1. The number of carbonyl (C=O) groups is 2. The molecule has 0 aliphatic carbocycles. The van der Waals surface area contributed by atoms with Crippen molar-refractivity contribution in [2.24, 2.45) is 5.92 Å². The van der Waals surface area contributed by atoms with E-state index in [4.69, 9.17) is 9.47 Å². The summed E-state index contributed by atoms with van der Waals surface area (Å²) in [5.41, 5.74) is 0.953. The lowest BCUT2D eigenvalue weighted by molar-refractivity contribution is -0.316. The number of ether oxygens (including phenoxy) is 2. The van der Waals surface area contributed by atoms with Crippen LogP contribution in [0.3, 0.4) is 0 Å². The highest BCUT2D eigenvalue weighted by molar-refractivity contribution is 5.87. The van der Waals surface area contributed by atoms with Gasteiger partial charge in [-0.2, -0.15) is 0 Å². The zero-order valence-electron chi connectivity index (χ0n) is 14.8. The average molecular weight is 364 g/mol. The molecular weight excluding hydrogens is 340 g/mol. The molecule has 0 saturated carbocycles. The quantitative estimate of drug-likeness (QED) is 0.622. The van der Waals surface area contributed by atoms with Crippen molar-refractivity contribution in [1.29, 1.82) is 0 Å². The summed E-state index contributed by atoms with van der Waals surface area (Å²) in [6.07, 6.45) is -3.16. The predicted octanol–water partition coefficient (Wildman–Crippen LogP) is -0.408. The van der Waals surface area contributed by atoms with Crippen molar-refractivity contribution in [2.45, 2.75) is 44.1 Å². The number of rotatable bonds is 3. The first-order valence-electron chi connectivity index (χ1n) is 8.67. The van der Waals surface area contributed by atoms with Crippen molar-refractivity contribution in [1.82, 2.24) is 10.2 Å². The summed E-state index contributed by atoms with van der Waals surface area (Å²) >= 11 is 0. The molecule has 1 aromatic carbocycles. The predicted molar refractivity (Wildman–Crippen MR) is 90.4 cm³/mol. The van der Waals surface area contributed by atoms with E-state index in [-0.39, 0.29) is 5.92 Å². The number of benzene rings is 1. The van der Waals surface area contributed by atoms with Crippen LogP contribution in [0.15, 0.2) is 30.3 Å². The average Bonchev–Trinajstić information content (AvgIpc) is 2.71. The van der Waals surface area contributed by atoms with Crippen LogP contribution < -0.4 is 5.32 Å². The van der Waals surface area contributed by atoms with Gasteiger partial charge in [0.15, 0.2) is 12.2 Å². The van der Waals surface area contributed by atoms with Crippen LogP contribution >= 0.6 is 0 Å². The van der Waals surface area contributed by atoms with E-state index in [1.165, 1.54) is 0 Å². The highest BCUT2D eigenvalue weighted by Gasteiger charge is 2.59. The topological polar surface area (TPSA) is 108 Å². The monoisotopic (exact) mass is 364 g/mol. The van der Waals surface area contributed by atoms with Crippen LogP contribution in [0.4, 0.5) is 0 Å². The number of hydrogen-bond donors (Lipinski definition) is 3. The van der Waals surface area contributed by atoms with Crippen molar-refractivity contribution in [3.05, 3.63) is 35.9 Å². The van der Waals surface area contributed by atoms with E-state index in [9.17, 15) is 19.8 Å². The minimum Gasteiger partial charge on any atom is -0.405 e. The van der Waals surface area contributed by atoms with Gasteiger partial charge in [0.25, 0.3) is 0 Å². The third-order valence-electron chi connectivity index (χ3n) is 5.06. The number of carbonyl (C=O) groups excluding carboxylic acids is 2. The Morgan fingerprint density at radius 1 is 1.15 bits per heavy atom. The van der Waals surface area contributed by atoms with Gasteiger partial charge in [-0.1, -0.05) is 37.3 Å². The van der Waals surface area contributed by atoms with E-state index in [2.05, 4.69) is 5.32 Å². The van der Waals surface area contributed by atoms with Crippen LogP contribution in [0.1, 0.15) is 18.9 Å².